The highest BCUT2D eigenvalue weighted by Crippen LogP contribution is 2.39. The molecular weight excluding hydrogens is 351 g/mol. The predicted molar refractivity (Wildman–Crippen MR) is 104 cm³/mol. The van der Waals surface area contributed by atoms with E-state index in [2.05, 4.69) is 13.0 Å². The number of aromatic hydroxyl groups is 1. The largest absolute Gasteiger partial charge is 0.508 e. The van der Waals surface area contributed by atoms with Crippen LogP contribution in [-0.2, 0) is 14.5 Å². The van der Waals surface area contributed by atoms with Crippen LogP contribution in [0.3, 0.4) is 0 Å². The maximum absolute atomic E-state index is 12.3. The first-order valence-corrected chi connectivity index (χ1v) is 10.7. The van der Waals surface area contributed by atoms with E-state index in [1.807, 2.05) is 19.1 Å². The lowest BCUT2D eigenvalue weighted by Crippen LogP contribution is -2.41. The van der Waals surface area contributed by atoms with Gasteiger partial charge >= 0.3 is 7.12 Å². The van der Waals surface area contributed by atoms with Gasteiger partial charge in [0.1, 0.15) is 5.75 Å². The molecule has 1 aromatic rings. The van der Waals surface area contributed by atoms with Crippen LogP contribution in [0.4, 0.5) is 0 Å². The Hall–Kier alpha value is -1.57. The Bertz CT molecular complexity index is 826. The molecule has 0 aliphatic carbocycles. The first kappa shape index (κ1) is 19.2. The van der Waals surface area contributed by atoms with Gasteiger partial charge in [-0.3, -0.25) is 0 Å². The van der Waals surface area contributed by atoms with Gasteiger partial charge in [0.25, 0.3) is 0 Å². The van der Waals surface area contributed by atoms with Gasteiger partial charge in [0.05, 0.1) is 17.1 Å². The van der Waals surface area contributed by atoms with E-state index in [0.717, 1.165) is 29.6 Å². The average Bonchev–Trinajstić information content (AvgIpc) is 2.82. The minimum atomic E-state index is -3.21. The van der Waals surface area contributed by atoms with Crippen LogP contribution in [0.25, 0.3) is 6.08 Å². The van der Waals surface area contributed by atoms with Crippen molar-refractivity contribution in [2.24, 2.45) is 0 Å². The fourth-order valence-corrected chi connectivity index (χ4v) is 6.08. The molecule has 0 unspecified atom stereocenters. The van der Waals surface area contributed by atoms with Gasteiger partial charge < -0.3 is 14.8 Å². The van der Waals surface area contributed by atoms with Crippen molar-refractivity contribution < 1.29 is 23.2 Å². The molecule has 2 atom stereocenters. The molecule has 0 amide bonds. The fourth-order valence-electron chi connectivity index (χ4n) is 3.91. The number of phenolic OH excluding ortho intramolecular Hbond substituents is 1. The molecule has 2 aliphatic heterocycles. The Labute approximate surface area is 155 Å². The van der Waals surface area contributed by atoms with E-state index in [9.17, 15) is 18.5 Å². The number of rotatable bonds is 5. The smallest absolute Gasteiger partial charge is 0.456 e. The lowest BCUT2D eigenvalue weighted by Gasteiger charge is -2.31. The standard InChI is InChI=1S/C19H25BO5S/c1-3-14(10-15-4-7-16(21)8-5-15)6-9-17-19-13(2)12-26(23,24)18(19)11-20(22)25-17/h4-5,7-8,10,17-18,21-22H,3,6,9,11-12H2,1-2H3/b14-10+/t17-,18+/m1/s1. The number of benzene rings is 1. The van der Waals surface area contributed by atoms with Crippen molar-refractivity contribution in [2.45, 2.75) is 50.8 Å². The number of phenols is 1. The summed E-state index contributed by atoms with van der Waals surface area (Å²) in [6.07, 6.45) is 4.15. The Morgan fingerprint density at radius 1 is 1.35 bits per heavy atom. The summed E-state index contributed by atoms with van der Waals surface area (Å²) >= 11 is 0. The summed E-state index contributed by atoms with van der Waals surface area (Å²) in [5.41, 5.74) is 3.96. The van der Waals surface area contributed by atoms with E-state index in [-0.39, 0.29) is 23.9 Å². The van der Waals surface area contributed by atoms with Crippen molar-refractivity contribution >= 4 is 23.0 Å². The van der Waals surface area contributed by atoms with Gasteiger partial charge in [-0.1, -0.05) is 36.3 Å². The second-order valence-corrected chi connectivity index (χ2v) is 9.32. The van der Waals surface area contributed by atoms with Gasteiger partial charge in [0.15, 0.2) is 9.84 Å². The number of hydrogen-bond donors (Lipinski definition) is 2. The molecule has 1 fully saturated rings. The van der Waals surface area contributed by atoms with Gasteiger partial charge in [0.2, 0.25) is 0 Å². The summed E-state index contributed by atoms with van der Waals surface area (Å²) in [7, 11) is -4.24. The lowest BCUT2D eigenvalue weighted by molar-refractivity contribution is 0.170. The fraction of sp³-hybridized carbons (Fsp3) is 0.474. The molecule has 1 saturated heterocycles. The second-order valence-electron chi connectivity index (χ2n) is 7.13. The van der Waals surface area contributed by atoms with Crippen LogP contribution in [0.5, 0.6) is 5.75 Å². The normalized spacial score (nSPS) is 25.5. The number of allylic oxidation sites excluding steroid dienone is 1. The molecule has 5 nitrogen and oxygen atoms in total. The van der Waals surface area contributed by atoms with Crippen LogP contribution in [0.15, 0.2) is 41.0 Å². The molecule has 26 heavy (non-hydrogen) atoms. The zero-order chi connectivity index (χ0) is 18.9. The molecule has 0 bridgehead atoms. The molecule has 2 aliphatic rings. The summed E-state index contributed by atoms with van der Waals surface area (Å²) in [6, 6.07) is 7.03. The van der Waals surface area contributed by atoms with E-state index in [4.69, 9.17) is 4.65 Å². The quantitative estimate of drug-likeness (QED) is 0.610. The summed E-state index contributed by atoms with van der Waals surface area (Å²) in [6.45, 7) is 3.93. The van der Waals surface area contributed by atoms with Crippen molar-refractivity contribution in [3.63, 3.8) is 0 Å². The van der Waals surface area contributed by atoms with Crippen LogP contribution in [0.1, 0.15) is 38.7 Å². The minimum absolute atomic E-state index is 0.0730. The molecule has 0 saturated carbocycles. The van der Waals surface area contributed by atoms with Crippen LogP contribution in [-0.4, -0.2) is 42.8 Å². The first-order valence-electron chi connectivity index (χ1n) is 9.03. The number of sulfone groups is 1. The van der Waals surface area contributed by atoms with Crippen LogP contribution >= 0.6 is 0 Å². The van der Waals surface area contributed by atoms with Gasteiger partial charge in [-0.25, -0.2) is 8.42 Å². The second kappa shape index (κ2) is 7.58. The third-order valence-electron chi connectivity index (χ3n) is 5.22. The third-order valence-corrected chi connectivity index (χ3v) is 7.37. The first-order chi connectivity index (χ1) is 12.3. The molecule has 0 spiro atoms. The van der Waals surface area contributed by atoms with E-state index in [0.29, 0.717) is 6.42 Å². The molecule has 2 heterocycles. The predicted octanol–water partition coefficient (Wildman–Crippen LogP) is 2.96. The van der Waals surface area contributed by atoms with Crippen LogP contribution < -0.4 is 0 Å². The molecule has 2 N–H and O–H groups in total. The third kappa shape index (κ3) is 4.05. The van der Waals surface area contributed by atoms with E-state index in [1.165, 1.54) is 5.57 Å². The Balaban J connectivity index is 1.75. The topological polar surface area (TPSA) is 83.8 Å². The molecule has 1 aromatic carbocycles. The highest BCUT2D eigenvalue weighted by Gasteiger charge is 2.47. The van der Waals surface area contributed by atoms with Gasteiger partial charge in [-0.2, -0.15) is 0 Å². The Morgan fingerprint density at radius 2 is 2.04 bits per heavy atom. The van der Waals surface area contributed by atoms with E-state index in [1.54, 1.807) is 12.1 Å². The van der Waals surface area contributed by atoms with Crippen molar-refractivity contribution in [1.82, 2.24) is 0 Å². The number of hydrogen-bond acceptors (Lipinski definition) is 5. The van der Waals surface area contributed by atoms with Crippen LogP contribution in [0, 0.1) is 0 Å². The highest BCUT2D eigenvalue weighted by molar-refractivity contribution is 7.92. The molecule has 7 heteroatoms. The maximum Gasteiger partial charge on any atom is 0.456 e. The summed E-state index contributed by atoms with van der Waals surface area (Å²) in [5, 5.41) is 18.8. The van der Waals surface area contributed by atoms with Gasteiger partial charge in [-0.05, 0) is 49.5 Å². The lowest BCUT2D eigenvalue weighted by atomic mass is 9.74. The molecule has 3 rings (SSSR count). The summed E-state index contributed by atoms with van der Waals surface area (Å²) in [5.74, 6) is 0.310. The molecule has 0 radical (unpaired) electrons. The van der Waals surface area contributed by atoms with Crippen molar-refractivity contribution in [3.8, 4) is 5.75 Å². The van der Waals surface area contributed by atoms with Crippen molar-refractivity contribution in [3.05, 3.63) is 46.5 Å². The zero-order valence-electron chi connectivity index (χ0n) is 15.2. The Kier molecular flexibility index (Phi) is 5.60. The zero-order valence-corrected chi connectivity index (χ0v) is 16.0. The van der Waals surface area contributed by atoms with Gasteiger partial charge in [-0.15, -0.1) is 0 Å². The average molecular weight is 376 g/mol. The molecule has 140 valence electrons. The van der Waals surface area contributed by atoms with E-state index >= 15 is 0 Å². The van der Waals surface area contributed by atoms with Gasteiger partial charge in [0, 0.05) is 6.32 Å². The molecule has 0 aromatic heterocycles. The SMILES string of the molecule is CC/C(=C\c1ccc(O)cc1)CC[C@H]1OB(O)C[C@H]2C1=C(C)CS2(=O)=O. The van der Waals surface area contributed by atoms with Crippen molar-refractivity contribution in [2.75, 3.05) is 5.75 Å². The highest BCUT2D eigenvalue weighted by atomic mass is 32.2. The molecular formula is C19H25BO5S. The van der Waals surface area contributed by atoms with Crippen molar-refractivity contribution in [1.29, 1.82) is 0 Å². The summed E-state index contributed by atoms with van der Waals surface area (Å²) < 4.78 is 30.3. The monoisotopic (exact) mass is 376 g/mol. The summed E-state index contributed by atoms with van der Waals surface area (Å²) in [4.78, 5) is 0. The van der Waals surface area contributed by atoms with Crippen LogP contribution in [0.2, 0.25) is 6.32 Å². The maximum atomic E-state index is 12.3. The minimum Gasteiger partial charge on any atom is -0.508 e. The Morgan fingerprint density at radius 3 is 2.69 bits per heavy atom. The van der Waals surface area contributed by atoms with E-state index < -0.39 is 22.2 Å². The number of fused-ring (bicyclic) bond motifs is 1.